The first-order chi connectivity index (χ1) is 9.04. The Morgan fingerprint density at radius 1 is 1.42 bits per heavy atom. The average molecular weight is 262 g/mol. The number of rotatable bonds is 4. The predicted octanol–water partition coefficient (Wildman–Crippen LogP) is 2.44. The van der Waals surface area contributed by atoms with E-state index in [1.165, 1.54) is 13.2 Å². The molecule has 1 aromatic carbocycles. The molecule has 0 saturated carbocycles. The highest BCUT2D eigenvalue weighted by molar-refractivity contribution is 5.63. The van der Waals surface area contributed by atoms with Gasteiger partial charge in [0.05, 0.1) is 12.0 Å². The third-order valence-corrected chi connectivity index (χ3v) is 2.76. The van der Waals surface area contributed by atoms with Gasteiger partial charge in [-0.3, -0.25) is 10.1 Å². The van der Waals surface area contributed by atoms with E-state index in [2.05, 4.69) is 10.2 Å². The Morgan fingerprint density at radius 2 is 2.16 bits per heavy atom. The van der Waals surface area contributed by atoms with Crippen LogP contribution in [-0.2, 0) is 0 Å². The van der Waals surface area contributed by atoms with Gasteiger partial charge in [-0.25, -0.2) is 0 Å². The number of hydrogen-bond acceptors (Lipinski definition) is 5. The highest BCUT2D eigenvalue weighted by Crippen LogP contribution is 2.31. The van der Waals surface area contributed by atoms with Crippen molar-refractivity contribution in [3.63, 3.8) is 0 Å². The van der Waals surface area contributed by atoms with Crippen LogP contribution in [0, 0.1) is 10.1 Å². The highest BCUT2D eigenvalue weighted by Gasteiger charge is 2.18. The topological polar surface area (TPSA) is 83.1 Å². The number of methoxy groups -OCH3 is 1. The average Bonchev–Trinajstić information content (AvgIpc) is 2.87. The van der Waals surface area contributed by atoms with E-state index >= 15 is 0 Å². The summed E-state index contributed by atoms with van der Waals surface area (Å²) in [5.74, 6) is 0.824. The quantitative estimate of drug-likeness (QED) is 0.624. The van der Waals surface area contributed by atoms with Crippen LogP contribution in [-0.4, -0.2) is 26.8 Å². The fourth-order valence-corrected chi connectivity index (χ4v) is 1.80. The van der Waals surface area contributed by atoms with Crippen molar-refractivity contribution < 1.29 is 9.66 Å². The number of hydrogen-bond donors (Lipinski definition) is 0. The lowest BCUT2D eigenvalue weighted by molar-refractivity contribution is -0.385. The molecular weight excluding hydrogens is 248 g/mol. The molecule has 2 rings (SSSR count). The van der Waals surface area contributed by atoms with E-state index in [1.807, 2.05) is 18.4 Å². The molecule has 19 heavy (non-hydrogen) atoms. The van der Waals surface area contributed by atoms with E-state index in [9.17, 15) is 10.1 Å². The summed E-state index contributed by atoms with van der Waals surface area (Å²) in [4.78, 5) is 10.5. The van der Waals surface area contributed by atoms with Crippen LogP contribution in [0.3, 0.4) is 0 Å². The zero-order valence-corrected chi connectivity index (χ0v) is 10.9. The summed E-state index contributed by atoms with van der Waals surface area (Å²) < 4.78 is 6.82. The van der Waals surface area contributed by atoms with Crippen LogP contribution in [0.15, 0.2) is 24.5 Å². The molecule has 1 aromatic heterocycles. The highest BCUT2D eigenvalue weighted by atomic mass is 16.6. The van der Waals surface area contributed by atoms with Crippen molar-refractivity contribution in [2.45, 2.75) is 19.9 Å². The van der Waals surface area contributed by atoms with Crippen LogP contribution < -0.4 is 4.74 Å². The van der Waals surface area contributed by atoms with Crippen molar-refractivity contribution in [2.75, 3.05) is 7.11 Å². The molecule has 0 aliphatic heterocycles. The van der Waals surface area contributed by atoms with Crippen molar-refractivity contribution >= 4 is 5.69 Å². The summed E-state index contributed by atoms with van der Waals surface area (Å²) in [6.45, 7) is 3.98. The number of nitro benzene ring substituents is 1. The molecule has 7 nitrogen and oxygen atoms in total. The largest absolute Gasteiger partial charge is 0.490 e. The van der Waals surface area contributed by atoms with Crippen LogP contribution >= 0.6 is 0 Å². The van der Waals surface area contributed by atoms with Gasteiger partial charge in [0.2, 0.25) is 0 Å². The third-order valence-electron chi connectivity index (χ3n) is 2.76. The molecule has 0 aliphatic rings. The Balaban J connectivity index is 2.54. The van der Waals surface area contributed by atoms with Crippen molar-refractivity contribution in [1.29, 1.82) is 0 Å². The smallest absolute Gasteiger partial charge is 0.311 e. The first-order valence-corrected chi connectivity index (χ1v) is 5.77. The fourth-order valence-electron chi connectivity index (χ4n) is 1.80. The second kappa shape index (κ2) is 5.05. The second-order valence-electron chi connectivity index (χ2n) is 4.30. The minimum Gasteiger partial charge on any atom is -0.490 e. The number of nitrogens with zero attached hydrogens (tertiary/aromatic N) is 4. The van der Waals surface area contributed by atoms with Crippen LogP contribution in [0.5, 0.6) is 5.75 Å². The maximum atomic E-state index is 11.0. The van der Waals surface area contributed by atoms with Gasteiger partial charge in [0.1, 0.15) is 6.33 Å². The van der Waals surface area contributed by atoms with Gasteiger partial charge in [0.25, 0.3) is 0 Å². The zero-order valence-electron chi connectivity index (χ0n) is 10.9. The van der Waals surface area contributed by atoms with E-state index in [4.69, 9.17) is 4.74 Å². The first kappa shape index (κ1) is 13.0. The monoisotopic (exact) mass is 262 g/mol. The van der Waals surface area contributed by atoms with Crippen molar-refractivity contribution in [3.8, 4) is 17.1 Å². The molecule has 0 fully saturated rings. The molecule has 0 amide bonds. The maximum Gasteiger partial charge on any atom is 0.311 e. The lowest BCUT2D eigenvalue weighted by Crippen LogP contribution is -2.02. The minimum absolute atomic E-state index is 0.0849. The molecule has 0 spiro atoms. The van der Waals surface area contributed by atoms with Gasteiger partial charge < -0.3 is 9.30 Å². The molecular formula is C12H14N4O3. The molecule has 0 aliphatic carbocycles. The van der Waals surface area contributed by atoms with E-state index in [-0.39, 0.29) is 17.5 Å². The van der Waals surface area contributed by atoms with Gasteiger partial charge >= 0.3 is 5.69 Å². The summed E-state index contributed by atoms with van der Waals surface area (Å²) >= 11 is 0. The van der Waals surface area contributed by atoms with Crippen LogP contribution in [0.2, 0.25) is 0 Å². The van der Waals surface area contributed by atoms with Gasteiger partial charge in [0.15, 0.2) is 11.6 Å². The fraction of sp³-hybridized carbons (Fsp3) is 0.333. The normalized spacial score (nSPS) is 10.7. The lowest BCUT2D eigenvalue weighted by atomic mass is 10.1. The third kappa shape index (κ3) is 2.40. The van der Waals surface area contributed by atoms with Crippen LogP contribution in [0.4, 0.5) is 5.69 Å². The SMILES string of the molecule is COc1ccc(-c2nncn2C(C)C)cc1[N+](=O)[O-]. The lowest BCUT2D eigenvalue weighted by Gasteiger charge is -2.10. The van der Waals surface area contributed by atoms with Gasteiger partial charge in [-0.2, -0.15) is 0 Å². The van der Waals surface area contributed by atoms with Gasteiger partial charge in [0, 0.05) is 17.7 Å². The first-order valence-electron chi connectivity index (χ1n) is 5.77. The summed E-state index contributed by atoms with van der Waals surface area (Å²) in [7, 11) is 1.40. The molecule has 0 saturated heterocycles. The predicted molar refractivity (Wildman–Crippen MR) is 69.0 cm³/mol. The van der Waals surface area contributed by atoms with Gasteiger partial charge in [-0.1, -0.05) is 0 Å². The number of aromatic nitrogens is 3. The van der Waals surface area contributed by atoms with E-state index in [1.54, 1.807) is 18.5 Å². The maximum absolute atomic E-state index is 11.0. The van der Waals surface area contributed by atoms with Crippen molar-refractivity contribution in [3.05, 3.63) is 34.6 Å². The Labute approximate surface area is 110 Å². The summed E-state index contributed by atoms with van der Waals surface area (Å²) in [5.41, 5.74) is 0.553. The number of nitro groups is 1. The summed E-state index contributed by atoms with van der Waals surface area (Å²) in [5, 5.41) is 18.9. The Kier molecular flexibility index (Phi) is 3.46. The molecule has 0 bridgehead atoms. The summed E-state index contributed by atoms with van der Waals surface area (Å²) in [6.07, 6.45) is 1.61. The van der Waals surface area contributed by atoms with Crippen LogP contribution in [0.1, 0.15) is 19.9 Å². The molecule has 0 radical (unpaired) electrons. The van der Waals surface area contributed by atoms with E-state index in [0.29, 0.717) is 11.4 Å². The minimum atomic E-state index is -0.474. The second-order valence-corrected chi connectivity index (χ2v) is 4.30. The Morgan fingerprint density at radius 3 is 2.74 bits per heavy atom. The molecule has 100 valence electrons. The zero-order chi connectivity index (χ0) is 14.0. The van der Waals surface area contributed by atoms with Crippen molar-refractivity contribution in [2.24, 2.45) is 0 Å². The number of ether oxygens (including phenoxy) is 1. The van der Waals surface area contributed by atoms with Crippen molar-refractivity contribution in [1.82, 2.24) is 14.8 Å². The molecule has 1 heterocycles. The van der Waals surface area contributed by atoms with E-state index < -0.39 is 4.92 Å². The summed E-state index contributed by atoms with van der Waals surface area (Å²) in [6, 6.07) is 4.91. The molecule has 7 heteroatoms. The van der Waals surface area contributed by atoms with E-state index in [0.717, 1.165) is 0 Å². The standard InChI is InChI=1S/C12H14N4O3/c1-8(2)15-7-13-14-12(15)9-4-5-11(19-3)10(6-9)16(17)18/h4-8H,1-3H3. The Hall–Kier alpha value is -2.44. The van der Waals surface area contributed by atoms with Gasteiger partial charge in [-0.15, -0.1) is 10.2 Å². The van der Waals surface area contributed by atoms with Gasteiger partial charge in [-0.05, 0) is 26.0 Å². The molecule has 0 atom stereocenters. The molecule has 0 N–H and O–H groups in total. The number of benzene rings is 1. The molecule has 0 unspecified atom stereocenters. The molecule has 2 aromatic rings. The Bertz CT molecular complexity index is 607. The van der Waals surface area contributed by atoms with Crippen LogP contribution in [0.25, 0.3) is 11.4 Å².